The predicted molar refractivity (Wildman–Crippen MR) is 122 cm³/mol. The fourth-order valence-corrected chi connectivity index (χ4v) is 4.29. The zero-order valence-corrected chi connectivity index (χ0v) is 20.6. The highest BCUT2D eigenvalue weighted by molar-refractivity contribution is 7.93. The highest BCUT2D eigenvalue weighted by Gasteiger charge is 2.36. The van der Waals surface area contributed by atoms with Gasteiger partial charge < -0.3 is 28.8 Å². The number of carboxylic acids is 1. The van der Waals surface area contributed by atoms with Gasteiger partial charge in [-0.05, 0) is 30.8 Å². The Kier molecular flexibility index (Phi) is 9.05. The number of carboxylic acid groups (broad SMARTS) is 1. The van der Waals surface area contributed by atoms with Crippen LogP contribution in [-0.4, -0.2) is 60.8 Å². The third-order valence-electron chi connectivity index (χ3n) is 5.04. The van der Waals surface area contributed by atoms with Gasteiger partial charge in [-0.2, -0.15) is 8.78 Å². The van der Waals surface area contributed by atoms with Crippen molar-refractivity contribution in [1.29, 1.82) is 0 Å². The average molecular weight is 515 g/mol. The maximum absolute atomic E-state index is 13.8. The SMILES string of the molecule is COc1cc(OC)c(/C=C/S(=O)(=O)Cc2ccc(OC)c(CN(C)C(F)(F)C(=O)[O-])c2)c(OC)c1. The van der Waals surface area contributed by atoms with Crippen molar-refractivity contribution in [3.05, 3.63) is 52.4 Å². The summed E-state index contributed by atoms with van der Waals surface area (Å²) in [7, 11) is 2.68. The topological polar surface area (TPSA) is 114 Å². The maximum Gasteiger partial charge on any atom is 0.346 e. The van der Waals surface area contributed by atoms with Crippen LogP contribution in [0.2, 0.25) is 0 Å². The summed E-state index contributed by atoms with van der Waals surface area (Å²) in [6, 6.07) is 3.17. The van der Waals surface area contributed by atoms with Crippen molar-refractivity contribution in [1.82, 2.24) is 4.90 Å². The van der Waals surface area contributed by atoms with Gasteiger partial charge in [-0.3, -0.25) is 0 Å². The molecule has 0 aromatic heterocycles. The molecule has 12 heteroatoms. The van der Waals surface area contributed by atoms with Gasteiger partial charge in [0.25, 0.3) is 0 Å². The van der Waals surface area contributed by atoms with Gasteiger partial charge in [0.2, 0.25) is 0 Å². The second-order valence-electron chi connectivity index (χ2n) is 7.39. The molecular formula is C23H26F2NO8S-. The number of aliphatic carboxylic acids is 1. The van der Waals surface area contributed by atoms with E-state index in [4.69, 9.17) is 18.9 Å². The van der Waals surface area contributed by atoms with E-state index in [1.54, 1.807) is 12.1 Å². The standard InChI is InChI=1S/C23H27F2NO8S/c1-26(23(24,25)22(27)28)13-16-10-15(6-7-19(16)32-3)14-35(29,30)9-8-18-20(33-4)11-17(31-2)12-21(18)34-5/h6-12H,13-14H2,1-5H3,(H,27,28)/p-1/b9-8+. The normalized spacial score (nSPS) is 12.1. The van der Waals surface area contributed by atoms with Crippen LogP contribution in [0.25, 0.3) is 6.08 Å². The number of alkyl halides is 2. The molecule has 0 aliphatic heterocycles. The summed E-state index contributed by atoms with van der Waals surface area (Å²) in [5, 5.41) is 11.7. The number of nitrogens with zero attached hydrogens (tertiary/aromatic N) is 1. The van der Waals surface area contributed by atoms with Crippen LogP contribution >= 0.6 is 0 Å². The van der Waals surface area contributed by atoms with Gasteiger partial charge in [-0.15, -0.1) is 0 Å². The monoisotopic (exact) mass is 514 g/mol. The molecule has 0 radical (unpaired) electrons. The Morgan fingerprint density at radius 2 is 1.57 bits per heavy atom. The van der Waals surface area contributed by atoms with E-state index in [9.17, 15) is 27.1 Å². The molecule has 0 amide bonds. The second kappa shape index (κ2) is 11.4. The van der Waals surface area contributed by atoms with E-state index in [-0.39, 0.29) is 21.8 Å². The lowest BCUT2D eigenvalue weighted by atomic mass is 10.1. The zero-order valence-electron chi connectivity index (χ0n) is 19.8. The van der Waals surface area contributed by atoms with E-state index in [2.05, 4.69) is 0 Å². The molecule has 0 bridgehead atoms. The lowest BCUT2D eigenvalue weighted by Gasteiger charge is -2.28. The van der Waals surface area contributed by atoms with Gasteiger partial charge in [0.05, 0.1) is 39.8 Å². The molecule has 0 heterocycles. The van der Waals surface area contributed by atoms with Crippen LogP contribution in [0.5, 0.6) is 23.0 Å². The van der Waals surface area contributed by atoms with E-state index in [1.165, 1.54) is 52.7 Å². The first kappa shape index (κ1) is 27.9. The minimum Gasteiger partial charge on any atom is -0.543 e. The number of rotatable bonds is 12. The summed E-state index contributed by atoms with van der Waals surface area (Å²) in [6.45, 7) is -0.534. The Hall–Kier alpha value is -3.38. The number of carbonyl (C=O) groups is 1. The van der Waals surface area contributed by atoms with Gasteiger partial charge in [0, 0.05) is 29.6 Å². The van der Waals surface area contributed by atoms with E-state index < -0.39 is 34.2 Å². The molecule has 0 spiro atoms. The van der Waals surface area contributed by atoms with Crippen LogP contribution in [-0.2, 0) is 26.9 Å². The molecule has 0 N–H and O–H groups in total. The van der Waals surface area contributed by atoms with Crippen LogP contribution in [0.15, 0.2) is 35.7 Å². The van der Waals surface area contributed by atoms with Crippen molar-refractivity contribution in [2.24, 2.45) is 0 Å². The molecule has 0 saturated heterocycles. The molecule has 0 unspecified atom stereocenters. The third-order valence-corrected chi connectivity index (χ3v) is 6.33. The number of methoxy groups -OCH3 is 4. The Morgan fingerprint density at radius 1 is 1.00 bits per heavy atom. The first-order chi connectivity index (χ1) is 16.4. The van der Waals surface area contributed by atoms with Gasteiger partial charge in [-0.1, -0.05) is 6.07 Å². The second-order valence-corrected chi connectivity index (χ2v) is 9.27. The quantitative estimate of drug-likeness (QED) is 0.393. The van der Waals surface area contributed by atoms with Gasteiger partial charge in [0.15, 0.2) is 9.84 Å². The number of sulfone groups is 1. The summed E-state index contributed by atoms with van der Waals surface area (Å²) in [6.07, 6.45) is 1.32. The summed E-state index contributed by atoms with van der Waals surface area (Å²) in [5.41, 5.74) is 0.830. The number of likely N-dealkylation sites (N-methyl/N-ethyl adjacent to an activating group) is 1. The molecule has 2 rings (SSSR count). The fourth-order valence-electron chi connectivity index (χ4n) is 3.20. The number of benzene rings is 2. The molecule has 35 heavy (non-hydrogen) atoms. The number of halogens is 2. The Balaban J connectivity index is 2.34. The van der Waals surface area contributed by atoms with Crippen molar-refractivity contribution >= 4 is 21.9 Å². The molecular weight excluding hydrogens is 488 g/mol. The van der Waals surface area contributed by atoms with Crippen LogP contribution in [0.3, 0.4) is 0 Å². The molecule has 0 aliphatic rings. The van der Waals surface area contributed by atoms with Gasteiger partial charge in [0.1, 0.15) is 29.0 Å². The number of ether oxygens (including phenoxy) is 4. The summed E-state index contributed by atoms with van der Waals surface area (Å²) in [4.78, 5) is 11.0. The maximum atomic E-state index is 13.8. The van der Waals surface area contributed by atoms with Crippen molar-refractivity contribution in [3.63, 3.8) is 0 Å². The first-order valence-corrected chi connectivity index (χ1v) is 11.8. The minimum atomic E-state index is -4.23. The molecule has 9 nitrogen and oxygen atoms in total. The van der Waals surface area contributed by atoms with E-state index in [0.717, 1.165) is 12.5 Å². The lowest BCUT2D eigenvalue weighted by Crippen LogP contribution is -2.52. The summed E-state index contributed by atoms with van der Waals surface area (Å²) < 4.78 is 74.0. The van der Waals surface area contributed by atoms with Crippen LogP contribution in [0.1, 0.15) is 16.7 Å². The van der Waals surface area contributed by atoms with E-state index in [0.29, 0.717) is 22.8 Å². The first-order valence-electron chi connectivity index (χ1n) is 10.1. The smallest absolute Gasteiger partial charge is 0.346 e. The van der Waals surface area contributed by atoms with Crippen molar-refractivity contribution in [2.75, 3.05) is 35.5 Å². The summed E-state index contributed by atoms with van der Waals surface area (Å²) in [5.74, 6) is -1.70. The fraction of sp³-hybridized carbons (Fsp3) is 0.348. The van der Waals surface area contributed by atoms with E-state index >= 15 is 0 Å². The number of carbonyl (C=O) groups excluding carboxylic acids is 1. The van der Waals surface area contributed by atoms with Crippen LogP contribution < -0.4 is 24.1 Å². The van der Waals surface area contributed by atoms with Crippen molar-refractivity contribution in [2.45, 2.75) is 18.3 Å². The van der Waals surface area contributed by atoms with Crippen molar-refractivity contribution < 1.29 is 46.0 Å². The molecule has 192 valence electrons. The summed E-state index contributed by atoms with van der Waals surface area (Å²) >= 11 is 0. The highest BCUT2D eigenvalue weighted by atomic mass is 32.2. The molecule has 0 atom stereocenters. The molecule has 0 saturated carbocycles. The largest absolute Gasteiger partial charge is 0.543 e. The zero-order chi connectivity index (χ0) is 26.4. The minimum absolute atomic E-state index is 0.172. The number of hydrogen-bond donors (Lipinski definition) is 0. The molecule has 0 aliphatic carbocycles. The molecule has 2 aromatic carbocycles. The average Bonchev–Trinajstić information content (AvgIpc) is 2.81. The van der Waals surface area contributed by atoms with Gasteiger partial charge in [-0.25, -0.2) is 13.3 Å². The Labute approximate surface area is 202 Å². The third kappa shape index (κ3) is 6.83. The van der Waals surface area contributed by atoms with E-state index in [1.807, 2.05) is 0 Å². The predicted octanol–water partition coefficient (Wildman–Crippen LogP) is 2.08. The Morgan fingerprint density at radius 3 is 2.06 bits per heavy atom. The lowest BCUT2D eigenvalue weighted by molar-refractivity contribution is -0.343. The van der Waals surface area contributed by atoms with Crippen LogP contribution in [0.4, 0.5) is 8.78 Å². The van der Waals surface area contributed by atoms with Crippen molar-refractivity contribution in [3.8, 4) is 23.0 Å². The van der Waals surface area contributed by atoms with Crippen LogP contribution in [0, 0.1) is 0 Å². The Bertz CT molecular complexity index is 1170. The number of hydrogen-bond acceptors (Lipinski definition) is 9. The van der Waals surface area contributed by atoms with Gasteiger partial charge >= 0.3 is 6.05 Å². The highest BCUT2D eigenvalue weighted by Crippen LogP contribution is 2.35. The molecule has 0 fully saturated rings. The molecule has 2 aromatic rings.